The van der Waals surface area contributed by atoms with Gasteiger partial charge in [-0.25, -0.2) is 4.79 Å². The number of thiophene rings is 1. The monoisotopic (exact) mass is 414 g/mol. The highest BCUT2D eigenvalue weighted by molar-refractivity contribution is 7.15. The molecule has 0 aliphatic carbocycles. The van der Waals surface area contributed by atoms with Crippen LogP contribution in [-0.4, -0.2) is 32.8 Å². The van der Waals surface area contributed by atoms with Crippen molar-refractivity contribution in [1.82, 2.24) is 14.3 Å². The van der Waals surface area contributed by atoms with E-state index < -0.39 is 11.9 Å². The van der Waals surface area contributed by atoms with Crippen molar-refractivity contribution >= 4 is 28.9 Å². The quantitative estimate of drug-likeness (QED) is 0.642. The second kappa shape index (κ2) is 7.87. The minimum absolute atomic E-state index is 0.357. The molecule has 7 nitrogen and oxygen atoms in total. The molecule has 0 aliphatic rings. The molecule has 0 saturated carbocycles. The lowest BCUT2D eigenvalue weighted by molar-refractivity contribution is -0.119. The Labute approximate surface area is 174 Å². The number of carbonyl (C=O) groups excluding carboxylic acids is 2. The van der Waals surface area contributed by atoms with Crippen molar-refractivity contribution in [3.63, 3.8) is 0 Å². The standard InChI is InChI=1S/C21H26N4O3S/c1-11-8-9-12(2)25(11)20-18(13(3)16(6)29-20)21(27)28-10-17(26)22-19-14(4)23-24(7)15(19)5/h8-9H,10H2,1-7H3,(H,22,26). The predicted octanol–water partition coefficient (Wildman–Crippen LogP) is 3.92. The highest BCUT2D eigenvalue weighted by atomic mass is 32.1. The molecule has 154 valence electrons. The van der Waals surface area contributed by atoms with Gasteiger partial charge in [0.1, 0.15) is 5.00 Å². The summed E-state index contributed by atoms with van der Waals surface area (Å²) in [7, 11) is 1.81. The fourth-order valence-electron chi connectivity index (χ4n) is 3.33. The molecule has 0 radical (unpaired) electrons. The second-order valence-corrected chi connectivity index (χ2v) is 8.41. The number of ether oxygens (including phenoxy) is 1. The van der Waals surface area contributed by atoms with Gasteiger partial charge in [-0.3, -0.25) is 9.48 Å². The van der Waals surface area contributed by atoms with Gasteiger partial charge in [0.2, 0.25) is 0 Å². The lowest BCUT2D eigenvalue weighted by atomic mass is 10.1. The van der Waals surface area contributed by atoms with Crippen LogP contribution in [0, 0.1) is 41.5 Å². The summed E-state index contributed by atoms with van der Waals surface area (Å²) in [5, 5.41) is 7.88. The zero-order valence-corrected chi connectivity index (χ0v) is 18.7. The van der Waals surface area contributed by atoms with Crippen molar-refractivity contribution in [3.05, 3.63) is 50.9 Å². The number of anilines is 1. The predicted molar refractivity (Wildman–Crippen MR) is 114 cm³/mol. The first-order valence-corrected chi connectivity index (χ1v) is 10.2. The molecule has 1 N–H and O–H groups in total. The van der Waals surface area contributed by atoms with Crippen LogP contribution in [0.2, 0.25) is 0 Å². The molecule has 0 saturated heterocycles. The molecular weight excluding hydrogens is 388 g/mol. The normalized spacial score (nSPS) is 11.0. The molecule has 0 aliphatic heterocycles. The van der Waals surface area contributed by atoms with Gasteiger partial charge in [-0.1, -0.05) is 0 Å². The van der Waals surface area contributed by atoms with Crippen molar-refractivity contribution < 1.29 is 14.3 Å². The first-order chi connectivity index (χ1) is 13.6. The van der Waals surface area contributed by atoms with E-state index in [4.69, 9.17) is 4.74 Å². The fourth-order valence-corrected chi connectivity index (χ4v) is 4.59. The van der Waals surface area contributed by atoms with Crippen LogP contribution in [-0.2, 0) is 16.6 Å². The summed E-state index contributed by atoms with van der Waals surface area (Å²) in [5.41, 5.74) is 5.67. The second-order valence-electron chi connectivity index (χ2n) is 7.21. The van der Waals surface area contributed by atoms with E-state index in [1.807, 2.05) is 65.3 Å². The van der Waals surface area contributed by atoms with Gasteiger partial charge in [0.15, 0.2) is 6.61 Å². The van der Waals surface area contributed by atoms with Gasteiger partial charge >= 0.3 is 5.97 Å². The number of nitrogens with zero attached hydrogens (tertiary/aromatic N) is 3. The smallest absolute Gasteiger partial charge is 0.341 e. The van der Waals surface area contributed by atoms with E-state index in [-0.39, 0.29) is 6.61 Å². The Balaban J connectivity index is 1.79. The maximum absolute atomic E-state index is 12.9. The lowest BCUT2D eigenvalue weighted by Gasteiger charge is -2.11. The summed E-state index contributed by atoms with van der Waals surface area (Å²) in [6, 6.07) is 4.03. The van der Waals surface area contributed by atoms with Crippen LogP contribution in [0.25, 0.3) is 5.00 Å². The maximum Gasteiger partial charge on any atom is 0.341 e. The van der Waals surface area contributed by atoms with E-state index in [0.29, 0.717) is 11.3 Å². The highest BCUT2D eigenvalue weighted by Crippen LogP contribution is 2.33. The van der Waals surface area contributed by atoms with Crippen LogP contribution in [0.3, 0.4) is 0 Å². The molecular formula is C21H26N4O3S. The Hall–Kier alpha value is -2.87. The molecule has 3 rings (SSSR count). The molecule has 0 unspecified atom stereocenters. The summed E-state index contributed by atoms with van der Waals surface area (Å²) >= 11 is 1.55. The van der Waals surface area contributed by atoms with Crippen LogP contribution in [0.5, 0.6) is 0 Å². The summed E-state index contributed by atoms with van der Waals surface area (Å²) in [4.78, 5) is 26.3. The van der Waals surface area contributed by atoms with Crippen molar-refractivity contribution in [2.45, 2.75) is 41.5 Å². The van der Waals surface area contributed by atoms with E-state index in [9.17, 15) is 9.59 Å². The minimum atomic E-state index is -0.496. The van der Waals surface area contributed by atoms with E-state index in [0.717, 1.165) is 38.2 Å². The van der Waals surface area contributed by atoms with Gasteiger partial charge in [0.05, 0.1) is 22.6 Å². The van der Waals surface area contributed by atoms with Gasteiger partial charge in [0, 0.05) is 23.3 Å². The average Bonchev–Trinajstić information content (AvgIpc) is 3.22. The Morgan fingerprint density at radius 2 is 1.72 bits per heavy atom. The van der Waals surface area contributed by atoms with Gasteiger partial charge < -0.3 is 14.6 Å². The molecule has 0 fully saturated rings. The SMILES string of the molecule is Cc1nn(C)c(C)c1NC(=O)COC(=O)c1c(-n2c(C)ccc2C)sc(C)c1C. The van der Waals surface area contributed by atoms with Gasteiger partial charge in [0.25, 0.3) is 5.91 Å². The molecule has 29 heavy (non-hydrogen) atoms. The zero-order chi connectivity index (χ0) is 21.5. The van der Waals surface area contributed by atoms with Crippen LogP contribution in [0.15, 0.2) is 12.1 Å². The maximum atomic E-state index is 12.9. The molecule has 3 heterocycles. The minimum Gasteiger partial charge on any atom is -0.452 e. The van der Waals surface area contributed by atoms with Crippen LogP contribution in [0.1, 0.15) is 43.6 Å². The van der Waals surface area contributed by atoms with Crippen LogP contribution < -0.4 is 5.32 Å². The molecule has 0 spiro atoms. The first kappa shape index (κ1) is 20.9. The fraction of sp³-hybridized carbons (Fsp3) is 0.381. The number of aryl methyl sites for hydroxylation is 5. The number of amides is 1. The van der Waals surface area contributed by atoms with E-state index in [1.54, 1.807) is 16.0 Å². The number of aromatic nitrogens is 3. The number of carbonyl (C=O) groups is 2. The molecule has 8 heteroatoms. The van der Waals surface area contributed by atoms with E-state index in [1.165, 1.54) is 0 Å². The van der Waals surface area contributed by atoms with Crippen molar-refractivity contribution in [2.24, 2.45) is 7.05 Å². The Morgan fingerprint density at radius 1 is 1.10 bits per heavy atom. The largest absolute Gasteiger partial charge is 0.452 e. The summed E-state index contributed by atoms with van der Waals surface area (Å²) in [6.07, 6.45) is 0. The average molecular weight is 415 g/mol. The van der Waals surface area contributed by atoms with Gasteiger partial charge in [-0.15, -0.1) is 11.3 Å². The van der Waals surface area contributed by atoms with E-state index >= 15 is 0 Å². The van der Waals surface area contributed by atoms with Gasteiger partial charge in [-0.05, 0) is 59.2 Å². The highest BCUT2D eigenvalue weighted by Gasteiger charge is 2.24. The van der Waals surface area contributed by atoms with Crippen molar-refractivity contribution in [3.8, 4) is 5.00 Å². The Morgan fingerprint density at radius 3 is 2.28 bits per heavy atom. The topological polar surface area (TPSA) is 78.2 Å². The summed E-state index contributed by atoms with van der Waals surface area (Å²) in [5.74, 6) is -0.888. The molecule has 0 atom stereocenters. The Bertz CT molecular complexity index is 1080. The van der Waals surface area contributed by atoms with Crippen molar-refractivity contribution in [2.75, 3.05) is 11.9 Å². The number of rotatable bonds is 5. The summed E-state index contributed by atoms with van der Waals surface area (Å²) < 4.78 is 9.12. The molecule has 3 aromatic heterocycles. The number of hydrogen-bond acceptors (Lipinski definition) is 5. The van der Waals surface area contributed by atoms with Crippen LogP contribution >= 0.6 is 11.3 Å². The first-order valence-electron chi connectivity index (χ1n) is 9.34. The van der Waals surface area contributed by atoms with Crippen molar-refractivity contribution in [1.29, 1.82) is 0 Å². The van der Waals surface area contributed by atoms with E-state index in [2.05, 4.69) is 10.4 Å². The summed E-state index contributed by atoms with van der Waals surface area (Å²) in [6.45, 7) is 11.2. The Kier molecular flexibility index (Phi) is 5.66. The zero-order valence-electron chi connectivity index (χ0n) is 17.8. The molecule has 0 bridgehead atoms. The van der Waals surface area contributed by atoms with Gasteiger partial charge in [-0.2, -0.15) is 5.10 Å². The number of esters is 1. The molecule has 0 aromatic carbocycles. The molecule has 3 aromatic rings. The number of nitrogens with one attached hydrogen (secondary N) is 1. The lowest BCUT2D eigenvalue weighted by Crippen LogP contribution is -2.22. The third-order valence-corrected chi connectivity index (χ3v) is 6.35. The third kappa shape index (κ3) is 3.85. The number of hydrogen-bond donors (Lipinski definition) is 1. The molecule has 1 amide bonds. The van der Waals surface area contributed by atoms with Crippen LogP contribution in [0.4, 0.5) is 5.69 Å². The third-order valence-electron chi connectivity index (χ3n) is 5.15.